The van der Waals surface area contributed by atoms with E-state index >= 15 is 0 Å². The molecule has 2 N–H and O–H groups in total. The number of aliphatic hydroxyl groups excluding tert-OH is 1. The lowest BCUT2D eigenvalue weighted by molar-refractivity contribution is 0.0537. The lowest BCUT2D eigenvalue weighted by Crippen LogP contribution is -2.26. The molecule has 0 aliphatic carbocycles. The van der Waals surface area contributed by atoms with E-state index in [-0.39, 0.29) is 11.3 Å². The van der Waals surface area contributed by atoms with Crippen LogP contribution in [0, 0.1) is 5.82 Å². The molecular weight excluding hydrogens is 215 g/mol. The summed E-state index contributed by atoms with van der Waals surface area (Å²) < 4.78 is 18.5. The van der Waals surface area contributed by atoms with Gasteiger partial charge in [0.2, 0.25) is 0 Å². The second-order valence-corrected chi connectivity index (χ2v) is 3.49. The van der Waals surface area contributed by atoms with Crippen LogP contribution in [0.15, 0.2) is 18.2 Å². The molecule has 88 valence electrons. The molecular formula is C11H13FO4. The average Bonchev–Trinajstić information content (AvgIpc) is 2.20. The SMILES string of the molecule is CC(O)C(C)Oc1c(F)cccc1C(=O)O. The molecule has 0 amide bonds. The first-order valence-electron chi connectivity index (χ1n) is 4.80. The Kier molecular flexibility index (Phi) is 3.84. The van der Waals surface area contributed by atoms with E-state index in [0.29, 0.717) is 0 Å². The van der Waals surface area contributed by atoms with E-state index in [2.05, 4.69) is 0 Å². The molecule has 0 saturated heterocycles. The highest BCUT2D eigenvalue weighted by Crippen LogP contribution is 2.24. The van der Waals surface area contributed by atoms with E-state index in [1.165, 1.54) is 26.0 Å². The molecule has 1 aromatic rings. The number of para-hydroxylation sites is 1. The standard InChI is InChI=1S/C11H13FO4/c1-6(13)7(2)16-10-8(11(14)15)4-3-5-9(10)12/h3-7,13H,1-2H3,(H,14,15). The van der Waals surface area contributed by atoms with Gasteiger partial charge in [0.1, 0.15) is 11.7 Å². The van der Waals surface area contributed by atoms with Crippen molar-refractivity contribution in [2.45, 2.75) is 26.1 Å². The number of ether oxygens (including phenoxy) is 1. The summed E-state index contributed by atoms with van der Waals surface area (Å²) in [6, 6.07) is 3.64. The summed E-state index contributed by atoms with van der Waals surface area (Å²) in [6.45, 7) is 3.01. The van der Waals surface area contributed by atoms with Crippen LogP contribution in [0.2, 0.25) is 0 Å². The van der Waals surface area contributed by atoms with Crippen LogP contribution in [0.3, 0.4) is 0 Å². The summed E-state index contributed by atoms with van der Waals surface area (Å²) in [7, 11) is 0. The Bertz CT molecular complexity index is 390. The summed E-state index contributed by atoms with van der Waals surface area (Å²) >= 11 is 0. The molecule has 4 nitrogen and oxygen atoms in total. The molecule has 0 aromatic heterocycles. The van der Waals surface area contributed by atoms with Crippen LogP contribution in [-0.4, -0.2) is 28.4 Å². The van der Waals surface area contributed by atoms with Crippen molar-refractivity contribution in [2.75, 3.05) is 0 Å². The Balaban J connectivity index is 3.06. The summed E-state index contributed by atoms with van der Waals surface area (Å²) in [5, 5.41) is 18.0. The molecule has 0 saturated carbocycles. The Morgan fingerprint density at radius 1 is 1.44 bits per heavy atom. The molecule has 2 atom stereocenters. The van der Waals surface area contributed by atoms with E-state index in [4.69, 9.17) is 9.84 Å². The topological polar surface area (TPSA) is 66.8 Å². The van der Waals surface area contributed by atoms with Gasteiger partial charge in [-0.2, -0.15) is 0 Å². The minimum atomic E-state index is -1.27. The first-order chi connectivity index (χ1) is 7.43. The van der Waals surface area contributed by atoms with Crippen molar-refractivity contribution < 1.29 is 24.1 Å². The van der Waals surface area contributed by atoms with E-state index in [1.807, 2.05) is 0 Å². The van der Waals surface area contributed by atoms with Gasteiger partial charge in [-0.25, -0.2) is 9.18 Å². The van der Waals surface area contributed by atoms with Crippen LogP contribution < -0.4 is 4.74 Å². The maximum absolute atomic E-state index is 13.4. The van der Waals surface area contributed by atoms with Crippen molar-refractivity contribution in [1.82, 2.24) is 0 Å². The number of hydrogen-bond donors (Lipinski definition) is 2. The number of aromatic carboxylic acids is 1. The van der Waals surface area contributed by atoms with Gasteiger partial charge in [0.15, 0.2) is 11.6 Å². The fourth-order valence-electron chi connectivity index (χ4n) is 1.08. The molecule has 1 rings (SSSR count). The van der Waals surface area contributed by atoms with Crippen molar-refractivity contribution in [1.29, 1.82) is 0 Å². The molecule has 0 radical (unpaired) electrons. The number of rotatable bonds is 4. The van der Waals surface area contributed by atoms with Gasteiger partial charge in [-0.05, 0) is 26.0 Å². The van der Waals surface area contributed by atoms with Crippen molar-refractivity contribution >= 4 is 5.97 Å². The van der Waals surface area contributed by atoms with Gasteiger partial charge in [0.05, 0.1) is 6.10 Å². The first kappa shape index (κ1) is 12.4. The molecule has 0 heterocycles. The number of hydrogen-bond acceptors (Lipinski definition) is 3. The smallest absolute Gasteiger partial charge is 0.339 e. The Labute approximate surface area is 92.3 Å². The normalized spacial score (nSPS) is 14.2. The Morgan fingerprint density at radius 2 is 2.06 bits per heavy atom. The maximum Gasteiger partial charge on any atom is 0.339 e. The van der Waals surface area contributed by atoms with Crippen molar-refractivity contribution in [3.8, 4) is 5.75 Å². The highest BCUT2D eigenvalue weighted by Gasteiger charge is 2.19. The number of aliphatic hydroxyl groups is 1. The fraction of sp³-hybridized carbons (Fsp3) is 0.364. The Morgan fingerprint density at radius 3 is 2.56 bits per heavy atom. The second kappa shape index (κ2) is 4.94. The van der Waals surface area contributed by atoms with E-state index in [9.17, 15) is 14.3 Å². The quantitative estimate of drug-likeness (QED) is 0.822. The van der Waals surface area contributed by atoms with Gasteiger partial charge >= 0.3 is 5.97 Å². The summed E-state index contributed by atoms with van der Waals surface area (Å²) in [5.41, 5.74) is -0.257. The second-order valence-electron chi connectivity index (χ2n) is 3.49. The zero-order valence-electron chi connectivity index (χ0n) is 8.98. The Hall–Kier alpha value is -1.62. The third-order valence-corrected chi connectivity index (χ3v) is 2.18. The summed E-state index contributed by atoms with van der Waals surface area (Å²) in [5.74, 6) is -2.37. The zero-order chi connectivity index (χ0) is 12.3. The van der Waals surface area contributed by atoms with Crippen LogP contribution in [0.5, 0.6) is 5.75 Å². The molecule has 2 unspecified atom stereocenters. The lowest BCUT2D eigenvalue weighted by atomic mass is 10.2. The minimum Gasteiger partial charge on any atom is -0.484 e. The van der Waals surface area contributed by atoms with Crippen LogP contribution in [0.4, 0.5) is 4.39 Å². The third-order valence-electron chi connectivity index (χ3n) is 2.18. The highest BCUT2D eigenvalue weighted by atomic mass is 19.1. The van der Waals surface area contributed by atoms with Crippen LogP contribution >= 0.6 is 0 Å². The van der Waals surface area contributed by atoms with Gasteiger partial charge in [-0.15, -0.1) is 0 Å². The molecule has 16 heavy (non-hydrogen) atoms. The number of carbonyl (C=O) groups is 1. The zero-order valence-corrected chi connectivity index (χ0v) is 8.98. The van der Waals surface area contributed by atoms with Crippen molar-refractivity contribution in [2.24, 2.45) is 0 Å². The summed E-state index contributed by atoms with van der Waals surface area (Å²) in [6.07, 6.45) is -1.50. The van der Waals surface area contributed by atoms with E-state index < -0.39 is 24.0 Å². The molecule has 1 aromatic carbocycles. The van der Waals surface area contributed by atoms with Gasteiger partial charge < -0.3 is 14.9 Å². The van der Waals surface area contributed by atoms with Gasteiger partial charge in [0, 0.05) is 0 Å². The largest absolute Gasteiger partial charge is 0.484 e. The van der Waals surface area contributed by atoms with Gasteiger partial charge in [-0.1, -0.05) is 6.07 Å². The predicted molar refractivity (Wildman–Crippen MR) is 55.1 cm³/mol. The van der Waals surface area contributed by atoms with Crippen LogP contribution in [0.25, 0.3) is 0 Å². The molecule has 0 spiro atoms. The minimum absolute atomic E-state index is 0.257. The van der Waals surface area contributed by atoms with Gasteiger partial charge in [0.25, 0.3) is 0 Å². The van der Waals surface area contributed by atoms with Crippen LogP contribution in [0.1, 0.15) is 24.2 Å². The predicted octanol–water partition coefficient (Wildman–Crippen LogP) is 1.67. The molecule has 5 heteroatoms. The molecule has 0 aliphatic rings. The van der Waals surface area contributed by atoms with E-state index in [1.54, 1.807) is 0 Å². The van der Waals surface area contributed by atoms with Crippen molar-refractivity contribution in [3.05, 3.63) is 29.6 Å². The van der Waals surface area contributed by atoms with E-state index in [0.717, 1.165) is 6.07 Å². The first-order valence-corrected chi connectivity index (χ1v) is 4.80. The monoisotopic (exact) mass is 228 g/mol. The van der Waals surface area contributed by atoms with Crippen molar-refractivity contribution in [3.63, 3.8) is 0 Å². The number of benzene rings is 1. The average molecular weight is 228 g/mol. The molecule has 0 bridgehead atoms. The number of carboxylic acid groups (broad SMARTS) is 1. The maximum atomic E-state index is 13.4. The molecule has 0 aliphatic heterocycles. The fourth-order valence-corrected chi connectivity index (χ4v) is 1.08. The molecule has 0 fully saturated rings. The lowest BCUT2D eigenvalue weighted by Gasteiger charge is -2.18. The number of carboxylic acids is 1. The summed E-state index contributed by atoms with van der Waals surface area (Å²) in [4.78, 5) is 10.8. The number of halogens is 1. The van der Waals surface area contributed by atoms with Gasteiger partial charge in [-0.3, -0.25) is 0 Å². The van der Waals surface area contributed by atoms with Crippen LogP contribution in [-0.2, 0) is 0 Å². The third kappa shape index (κ3) is 2.70. The highest BCUT2D eigenvalue weighted by molar-refractivity contribution is 5.90.